The lowest BCUT2D eigenvalue weighted by Gasteiger charge is -2.15. The Labute approximate surface area is 451 Å². The number of rotatable bonds is 24. The number of phenolic OH excluding ortho intramolecular Hbond substituents is 1. The van der Waals surface area contributed by atoms with Crippen molar-refractivity contribution in [1.82, 2.24) is 0 Å². The summed E-state index contributed by atoms with van der Waals surface area (Å²) in [5.41, 5.74) is 10.6. The van der Waals surface area contributed by atoms with Gasteiger partial charge in [-0.15, -0.1) is 33.5 Å². The Morgan fingerprint density at radius 1 is 0.654 bits per heavy atom. The highest BCUT2D eigenvalue weighted by atomic mass is 32.2. The van der Waals surface area contributed by atoms with Crippen LogP contribution in [0.3, 0.4) is 0 Å². The van der Waals surface area contributed by atoms with Crippen LogP contribution in [-0.2, 0) is 72.4 Å². The third-order valence-electron chi connectivity index (χ3n) is 10.4. The molecular weight excluding hydrogens is 1180 g/mol. The van der Waals surface area contributed by atoms with E-state index in [0.29, 0.717) is 16.5 Å². The van der Waals surface area contributed by atoms with Crippen LogP contribution in [0.25, 0.3) is 22.6 Å². The van der Waals surface area contributed by atoms with Crippen molar-refractivity contribution in [2.24, 2.45) is 30.7 Å². The van der Waals surface area contributed by atoms with Crippen molar-refractivity contribution >= 4 is 150 Å². The Morgan fingerprint density at radius 2 is 1.27 bits per heavy atom. The van der Waals surface area contributed by atoms with Crippen LogP contribution in [0.1, 0.15) is 6.42 Å². The normalized spacial score (nSPS) is 14.4. The fourth-order valence-corrected chi connectivity index (χ4v) is 11.9. The Balaban J connectivity index is 1.14. The van der Waals surface area contributed by atoms with Crippen LogP contribution in [0.15, 0.2) is 146 Å². The molecule has 0 fully saturated rings. The maximum Gasteiger partial charge on any atom is 0.296 e. The second kappa shape index (κ2) is 25.1. The van der Waals surface area contributed by atoms with Gasteiger partial charge < -0.3 is 21.7 Å². The molecule has 78 heavy (non-hydrogen) atoms. The molecule has 0 spiro atoms. The Kier molecular flexibility index (Phi) is 19.0. The van der Waals surface area contributed by atoms with Crippen LogP contribution in [0.4, 0.5) is 51.2 Å². The maximum absolute atomic E-state index is 13.4. The third-order valence-corrected chi connectivity index (χ3v) is 16.9. The van der Waals surface area contributed by atoms with E-state index in [0.717, 1.165) is 60.6 Å². The first-order valence-electron chi connectivity index (χ1n) is 20.7. The second-order valence-electron chi connectivity index (χ2n) is 15.3. The summed E-state index contributed by atoms with van der Waals surface area (Å²) in [5, 5.41) is 81.9. The van der Waals surface area contributed by atoms with Gasteiger partial charge in [-0.2, -0.15) is 27.1 Å². The first-order valence-corrected chi connectivity index (χ1v) is 29.0. The number of sulfone groups is 1. The van der Waals surface area contributed by atoms with Gasteiger partial charge in [0.15, 0.2) is 27.9 Å². The number of fused-ring (bicyclic) bond motifs is 2. The van der Waals surface area contributed by atoms with E-state index in [9.17, 15) is 53.0 Å². The fourth-order valence-electron chi connectivity index (χ4n) is 6.98. The number of nitrogens with two attached hydrogens (primary N) is 2. The lowest BCUT2D eigenvalue weighted by atomic mass is 10.0. The number of azo groups is 3. The van der Waals surface area contributed by atoms with E-state index in [-0.39, 0.29) is 80.2 Å². The molecule has 6 aromatic rings. The number of benzene rings is 6. The summed E-state index contributed by atoms with van der Waals surface area (Å²) in [6, 6.07) is 17.5. The molecule has 31 nitrogen and oxygen atoms in total. The average Bonchev–Trinajstić information content (AvgIpc) is 3.52. The van der Waals surface area contributed by atoms with E-state index in [2.05, 4.69) is 63.5 Å². The van der Waals surface area contributed by atoms with Crippen LogP contribution in [0.2, 0.25) is 0 Å². The van der Waals surface area contributed by atoms with Gasteiger partial charge in [-0.3, -0.25) is 18.0 Å². The topological polar surface area (TPSA) is 481 Å². The molecule has 0 saturated heterocycles. The third kappa shape index (κ3) is 14.2. The summed E-state index contributed by atoms with van der Waals surface area (Å²) < 4.78 is 143. The molecule has 0 heterocycles. The van der Waals surface area contributed by atoms with Crippen LogP contribution >= 0.6 is 36.4 Å². The number of aromatic hydroxyl groups is 1. The van der Waals surface area contributed by atoms with Crippen molar-refractivity contribution in [3.63, 3.8) is 0 Å². The van der Waals surface area contributed by atoms with Crippen molar-refractivity contribution in [2.75, 3.05) is 28.5 Å². The average molecular weight is 1220 g/mol. The highest BCUT2D eigenvalue weighted by Gasteiger charge is 2.28. The van der Waals surface area contributed by atoms with Crippen molar-refractivity contribution < 1.29 is 101 Å². The summed E-state index contributed by atoms with van der Waals surface area (Å²) in [6.07, 6.45) is 1.85. The highest BCUT2D eigenvalue weighted by Crippen LogP contribution is 2.50. The first-order chi connectivity index (χ1) is 36.9. The number of aliphatic hydroxyl groups excluding tert-OH is 1. The monoisotopic (exact) mass is 1220 g/mol. The summed E-state index contributed by atoms with van der Waals surface area (Å²) in [4.78, 5) is -3.31. The molecular formula is C40H35N9O22S7. The lowest BCUT2D eigenvalue weighted by molar-refractivity contribution is -0.434. The fraction of sp³-hybridized carbons (Fsp3) is 0.100. The Bertz CT molecular complexity index is 3960. The maximum atomic E-state index is 13.4. The van der Waals surface area contributed by atoms with Crippen LogP contribution in [0.5, 0.6) is 5.75 Å². The van der Waals surface area contributed by atoms with E-state index in [1.807, 2.05) is 0 Å². The van der Waals surface area contributed by atoms with Gasteiger partial charge in [0, 0.05) is 34.6 Å². The summed E-state index contributed by atoms with van der Waals surface area (Å²) in [5.74, 6) is -1.80. The lowest BCUT2D eigenvalue weighted by Crippen LogP contribution is -2.33. The number of nitrogen functional groups attached to an aromatic ring is 2. The number of aliphatic hydroxyl groups is 1. The molecule has 1 unspecified atom stereocenters. The first kappa shape index (κ1) is 59.2. The molecule has 1 atom stereocenters. The molecule has 1 aliphatic rings. The minimum atomic E-state index is -5.26. The number of phenols is 1. The molecule has 1 aliphatic carbocycles. The van der Waals surface area contributed by atoms with Crippen molar-refractivity contribution in [3.8, 4) is 5.75 Å². The zero-order valence-electron chi connectivity index (χ0n) is 38.4. The summed E-state index contributed by atoms with van der Waals surface area (Å²) in [6.45, 7) is -0.552. The van der Waals surface area contributed by atoms with Crippen LogP contribution in [0, 0.1) is 0 Å². The number of sulfonamides is 1. The van der Waals surface area contributed by atoms with Gasteiger partial charge in [-0.25, -0.2) is 32.6 Å². The van der Waals surface area contributed by atoms with Crippen molar-refractivity contribution in [1.29, 1.82) is 0 Å². The SMILES string of the molecule is Nc1ccc2c(c1N=Nc1ccc(NS(=O)(=O)c3ccc(N=Nc4c(S(=O)(=O)O)cc5cc(SOOO)c(N=Nc6ccc(S(=O)(=O)CCOSOOO)cc6S(=O)(=O)O)c(N)c5c4O)cc3)cc1)=CC(SOOO)CC=2O. The smallest absolute Gasteiger partial charge is 0.296 e. The van der Waals surface area contributed by atoms with Gasteiger partial charge in [0.2, 0.25) is 0 Å². The van der Waals surface area contributed by atoms with Gasteiger partial charge in [-0.1, -0.05) is 21.2 Å². The molecule has 0 amide bonds. The van der Waals surface area contributed by atoms with Crippen molar-refractivity contribution in [2.45, 2.75) is 36.1 Å². The zero-order valence-corrected chi connectivity index (χ0v) is 44.1. The minimum absolute atomic E-state index is 0.0101. The molecule has 0 radical (unpaired) electrons. The largest absolute Gasteiger partial charge is 0.512 e. The molecule has 0 aromatic heterocycles. The molecule has 38 heteroatoms. The van der Waals surface area contributed by atoms with Gasteiger partial charge >= 0.3 is 0 Å². The van der Waals surface area contributed by atoms with Crippen LogP contribution < -0.4 is 26.6 Å². The number of hydrogen-bond donors (Lipinski definition) is 10. The van der Waals surface area contributed by atoms with Crippen molar-refractivity contribution in [3.05, 3.63) is 101 Å². The van der Waals surface area contributed by atoms with Crippen LogP contribution in [-0.4, -0.2) is 86.4 Å². The molecule has 0 aliphatic heterocycles. The predicted octanol–water partition coefficient (Wildman–Crippen LogP) is 7.74. The second-order valence-corrected chi connectivity index (χ2v) is 24.0. The Hall–Kier alpha value is -6.51. The molecule has 7 rings (SSSR count). The summed E-state index contributed by atoms with van der Waals surface area (Å²) in [7, 11) is -19.1. The standard InChI is InChI=1S/C40H35N9O22S7/c41-29-11-10-27-28(17-24(18-31(27)50)72-69-66-52)37(29)46-43-21-1-3-23(4-2-21)49-76(57,58)25-7-5-22(6-8-25)44-48-39-34(78(62,63)64)16-20-15-32(73-70-67-53)38(36(42)35(20)40(39)51)47-45-30-12-9-26(19-33(30)77(59,60)61)75(55,56)14-13-65-74-71-68-54/h1-12,15-17,19,24,49-54H,13-14,18,41-42H2,(H,59,60,61)(H,62,63,64). The van der Waals surface area contributed by atoms with E-state index in [1.165, 1.54) is 30.3 Å². The van der Waals surface area contributed by atoms with E-state index in [1.54, 1.807) is 12.1 Å². The highest BCUT2D eigenvalue weighted by molar-refractivity contribution is 7.95. The van der Waals surface area contributed by atoms with Gasteiger partial charge in [-0.05, 0) is 96.4 Å². The number of nitrogens with zero attached hydrogens (tertiary/aromatic N) is 6. The molecule has 0 saturated carbocycles. The predicted molar refractivity (Wildman–Crippen MR) is 275 cm³/mol. The Morgan fingerprint density at radius 3 is 1.91 bits per heavy atom. The molecule has 0 bridgehead atoms. The van der Waals surface area contributed by atoms with Gasteiger partial charge in [0.05, 0.1) is 72.5 Å². The molecule has 12 N–H and O–H groups in total. The van der Waals surface area contributed by atoms with E-state index >= 15 is 0 Å². The number of hydrogen-bond acceptors (Lipinski definition) is 31. The van der Waals surface area contributed by atoms with E-state index < -0.39 is 106 Å². The zero-order chi connectivity index (χ0) is 56.6. The number of anilines is 3. The molecule has 414 valence electrons. The minimum Gasteiger partial charge on any atom is -0.512 e. The van der Waals surface area contributed by atoms with E-state index in [4.69, 9.17) is 31.4 Å². The molecule has 6 aromatic carbocycles. The number of nitrogens with one attached hydrogen (secondary N) is 1. The van der Waals surface area contributed by atoms with Gasteiger partial charge in [0.25, 0.3) is 30.3 Å². The van der Waals surface area contributed by atoms with Gasteiger partial charge in [0.1, 0.15) is 38.3 Å². The summed E-state index contributed by atoms with van der Waals surface area (Å²) >= 11 is 0.987. The quantitative estimate of drug-likeness (QED) is 0.00526.